The van der Waals surface area contributed by atoms with Crippen molar-refractivity contribution in [2.75, 3.05) is 0 Å². The van der Waals surface area contributed by atoms with Crippen molar-refractivity contribution in [3.63, 3.8) is 0 Å². The first-order valence-corrected chi connectivity index (χ1v) is 8.76. The molecular weight excluding hydrogens is 388 g/mol. The lowest BCUT2D eigenvalue weighted by Gasteiger charge is -2.22. The number of ether oxygens (including phenoxy) is 1. The molecule has 0 unspecified atom stereocenters. The van der Waals surface area contributed by atoms with Crippen molar-refractivity contribution in [3.05, 3.63) is 68.1 Å². The molecule has 24 heavy (non-hydrogen) atoms. The van der Waals surface area contributed by atoms with Crippen molar-refractivity contribution >= 4 is 27.3 Å². The average molecular weight is 399 g/mol. The summed E-state index contributed by atoms with van der Waals surface area (Å²) in [6, 6.07) is 16.0. The number of fused-ring (bicyclic) bond motifs is 1. The Balaban J connectivity index is 1.96. The Labute approximate surface area is 150 Å². The number of H-pyrrole nitrogens is 1. The fourth-order valence-electron chi connectivity index (χ4n) is 2.84. The first-order chi connectivity index (χ1) is 11.7. The number of halogens is 1. The van der Waals surface area contributed by atoms with Gasteiger partial charge in [0.2, 0.25) is 11.8 Å². The maximum absolute atomic E-state index is 9.62. The molecule has 7 heteroatoms. The van der Waals surface area contributed by atoms with Crippen LogP contribution in [0, 0.1) is 11.3 Å². The molecule has 0 aliphatic carbocycles. The van der Waals surface area contributed by atoms with Crippen LogP contribution in [0.15, 0.2) is 57.7 Å². The molecule has 2 aromatic heterocycles. The van der Waals surface area contributed by atoms with Crippen LogP contribution >= 0.6 is 27.3 Å². The van der Waals surface area contributed by atoms with Crippen LogP contribution in [0.3, 0.4) is 0 Å². The van der Waals surface area contributed by atoms with Crippen LogP contribution in [0.25, 0.3) is 11.3 Å². The number of benzene rings is 1. The van der Waals surface area contributed by atoms with E-state index in [4.69, 9.17) is 10.5 Å². The first kappa shape index (κ1) is 15.0. The third-order valence-electron chi connectivity index (χ3n) is 3.88. The van der Waals surface area contributed by atoms with E-state index in [0.29, 0.717) is 11.5 Å². The molecule has 0 saturated heterocycles. The predicted octanol–water partition coefficient (Wildman–Crippen LogP) is 4.12. The van der Waals surface area contributed by atoms with E-state index in [0.717, 1.165) is 25.5 Å². The van der Waals surface area contributed by atoms with Crippen molar-refractivity contribution in [1.82, 2.24) is 10.2 Å². The Morgan fingerprint density at radius 2 is 2.04 bits per heavy atom. The van der Waals surface area contributed by atoms with Gasteiger partial charge >= 0.3 is 0 Å². The highest BCUT2D eigenvalue weighted by Gasteiger charge is 2.36. The van der Waals surface area contributed by atoms with Gasteiger partial charge in [0, 0.05) is 4.88 Å². The molecule has 0 radical (unpaired) electrons. The molecule has 0 fully saturated rings. The number of allylic oxidation sites excluding steroid dienone is 1. The fourth-order valence-corrected chi connectivity index (χ4v) is 4.38. The highest BCUT2D eigenvalue weighted by molar-refractivity contribution is 9.11. The van der Waals surface area contributed by atoms with Gasteiger partial charge in [-0.2, -0.15) is 5.26 Å². The van der Waals surface area contributed by atoms with Gasteiger partial charge in [-0.05, 0) is 33.6 Å². The van der Waals surface area contributed by atoms with Gasteiger partial charge in [0.05, 0.1) is 21.0 Å². The summed E-state index contributed by atoms with van der Waals surface area (Å²) in [5.41, 5.74) is 9.01. The summed E-state index contributed by atoms with van der Waals surface area (Å²) >= 11 is 5.05. The topological polar surface area (TPSA) is 87.7 Å². The van der Waals surface area contributed by atoms with Crippen molar-refractivity contribution in [3.8, 4) is 23.2 Å². The standard InChI is InChI=1S/C17H11BrN4OS/c18-12-7-6-11(24-12)13-10(8-19)16(20)23-17-14(13)15(21-22-17)9-4-2-1-3-5-9/h1-7,13H,20H2,(H,21,22)/t13-/m0/s1. The lowest BCUT2D eigenvalue weighted by Crippen LogP contribution is -2.20. The lowest BCUT2D eigenvalue weighted by molar-refractivity contribution is 0.379. The van der Waals surface area contributed by atoms with Crippen molar-refractivity contribution in [2.45, 2.75) is 5.92 Å². The number of hydrogen-bond acceptors (Lipinski definition) is 5. The first-order valence-electron chi connectivity index (χ1n) is 7.15. The van der Waals surface area contributed by atoms with E-state index in [1.807, 2.05) is 42.5 Å². The molecule has 3 N–H and O–H groups in total. The summed E-state index contributed by atoms with van der Waals surface area (Å²) in [5.74, 6) is 0.217. The van der Waals surface area contributed by atoms with Gasteiger partial charge in [-0.1, -0.05) is 30.3 Å². The van der Waals surface area contributed by atoms with Gasteiger partial charge in [0.15, 0.2) is 0 Å². The number of thiophene rings is 1. The van der Waals surface area contributed by atoms with Gasteiger partial charge in [0.1, 0.15) is 11.6 Å². The molecular formula is C17H11BrN4OS. The highest BCUT2D eigenvalue weighted by Crippen LogP contribution is 2.47. The molecule has 3 heterocycles. The third kappa shape index (κ3) is 2.31. The monoisotopic (exact) mass is 398 g/mol. The summed E-state index contributed by atoms with van der Waals surface area (Å²) in [6.07, 6.45) is 0. The zero-order valence-corrected chi connectivity index (χ0v) is 14.7. The van der Waals surface area contributed by atoms with Crippen LogP contribution in [0.2, 0.25) is 0 Å². The lowest BCUT2D eigenvalue weighted by atomic mass is 9.87. The summed E-state index contributed by atoms with van der Waals surface area (Å²) in [7, 11) is 0. The molecule has 1 aromatic carbocycles. The van der Waals surface area contributed by atoms with Crippen LogP contribution in [-0.4, -0.2) is 10.2 Å². The number of nitriles is 1. The second-order valence-corrected chi connectivity index (χ2v) is 7.74. The van der Waals surface area contributed by atoms with Crippen LogP contribution in [-0.2, 0) is 0 Å². The van der Waals surface area contributed by atoms with Gasteiger partial charge in [0.25, 0.3) is 0 Å². The maximum Gasteiger partial charge on any atom is 0.244 e. The van der Waals surface area contributed by atoms with Crippen LogP contribution in [0.4, 0.5) is 0 Å². The quantitative estimate of drug-likeness (QED) is 0.679. The number of nitrogens with zero attached hydrogens (tertiary/aromatic N) is 2. The smallest absolute Gasteiger partial charge is 0.244 e. The van der Waals surface area contributed by atoms with Crippen LogP contribution in [0.1, 0.15) is 16.4 Å². The van der Waals surface area contributed by atoms with Crippen LogP contribution in [0.5, 0.6) is 5.88 Å². The van der Waals surface area contributed by atoms with Crippen LogP contribution < -0.4 is 10.5 Å². The summed E-state index contributed by atoms with van der Waals surface area (Å²) in [6.45, 7) is 0. The highest BCUT2D eigenvalue weighted by atomic mass is 79.9. The number of hydrogen-bond donors (Lipinski definition) is 2. The normalized spacial score (nSPS) is 16.4. The van der Waals surface area contributed by atoms with E-state index in [1.165, 1.54) is 0 Å². The molecule has 0 spiro atoms. The molecule has 0 saturated carbocycles. The van der Waals surface area contributed by atoms with Gasteiger partial charge in [-0.15, -0.1) is 16.4 Å². The minimum Gasteiger partial charge on any atom is -0.420 e. The minimum absolute atomic E-state index is 0.102. The minimum atomic E-state index is -0.302. The summed E-state index contributed by atoms with van der Waals surface area (Å²) < 4.78 is 6.57. The zero-order chi connectivity index (χ0) is 16.7. The molecule has 1 aliphatic rings. The molecule has 1 aliphatic heterocycles. The molecule has 3 aromatic rings. The van der Waals surface area contributed by atoms with E-state index in [1.54, 1.807) is 11.3 Å². The second-order valence-electron chi connectivity index (χ2n) is 5.25. The van der Waals surface area contributed by atoms with E-state index < -0.39 is 0 Å². The number of rotatable bonds is 2. The number of aromatic nitrogens is 2. The molecule has 4 rings (SSSR count). The Hall–Kier alpha value is -2.56. The third-order valence-corrected chi connectivity index (χ3v) is 5.57. The number of aromatic amines is 1. The predicted molar refractivity (Wildman–Crippen MR) is 95.3 cm³/mol. The van der Waals surface area contributed by atoms with Gasteiger partial charge < -0.3 is 10.5 Å². The van der Waals surface area contributed by atoms with E-state index >= 15 is 0 Å². The summed E-state index contributed by atoms with van der Waals surface area (Å²) in [5, 5.41) is 16.9. The summed E-state index contributed by atoms with van der Waals surface area (Å²) in [4.78, 5) is 1.00. The van der Waals surface area contributed by atoms with E-state index in [-0.39, 0.29) is 11.8 Å². The molecule has 5 nitrogen and oxygen atoms in total. The molecule has 1 atom stereocenters. The fraction of sp³-hybridized carbons (Fsp3) is 0.0588. The number of nitrogens with one attached hydrogen (secondary N) is 1. The van der Waals surface area contributed by atoms with Crippen molar-refractivity contribution in [1.29, 1.82) is 5.26 Å². The Morgan fingerprint density at radius 1 is 1.25 bits per heavy atom. The molecule has 0 bridgehead atoms. The molecule has 118 valence electrons. The average Bonchev–Trinajstić information content (AvgIpc) is 3.20. The Kier molecular flexibility index (Phi) is 3.63. The van der Waals surface area contributed by atoms with Crippen molar-refractivity contribution < 1.29 is 4.74 Å². The van der Waals surface area contributed by atoms with E-state index in [9.17, 15) is 5.26 Å². The maximum atomic E-state index is 9.62. The Bertz CT molecular complexity index is 984. The second kappa shape index (κ2) is 5.82. The molecule has 0 amide bonds. The SMILES string of the molecule is N#CC1=C(N)Oc2n[nH]c(-c3ccccc3)c2[C@@H]1c1ccc(Br)s1. The zero-order valence-electron chi connectivity index (χ0n) is 12.3. The largest absolute Gasteiger partial charge is 0.420 e. The number of nitrogens with two attached hydrogens (primary N) is 1. The Morgan fingerprint density at radius 3 is 2.71 bits per heavy atom. The van der Waals surface area contributed by atoms with Crippen molar-refractivity contribution in [2.24, 2.45) is 5.73 Å². The van der Waals surface area contributed by atoms with Gasteiger partial charge in [-0.25, -0.2) is 0 Å². The van der Waals surface area contributed by atoms with Gasteiger partial charge in [-0.3, -0.25) is 5.10 Å². The van der Waals surface area contributed by atoms with E-state index in [2.05, 4.69) is 32.2 Å².